The first-order chi connectivity index (χ1) is 9.47. The predicted octanol–water partition coefficient (Wildman–Crippen LogP) is 4.47. The number of halogens is 3. The molecule has 0 heterocycles. The largest absolute Gasteiger partial charge is 0.337 e. The van der Waals surface area contributed by atoms with Gasteiger partial charge in [0.25, 0.3) is 5.91 Å². The van der Waals surface area contributed by atoms with Gasteiger partial charge in [-0.05, 0) is 74.4 Å². The summed E-state index contributed by atoms with van der Waals surface area (Å²) in [5.74, 6) is -0.390. The minimum absolute atomic E-state index is 0.0975. The first-order valence-electron chi connectivity index (χ1n) is 5.92. The van der Waals surface area contributed by atoms with Gasteiger partial charge in [-0.2, -0.15) is 0 Å². The van der Waals surface area contributed by atoms with Crippen LogP contribution >= 0.6 is 38.5 Å². The first-order valence-corrected chi connectivity index (χ1v) is 7.79. The zero-order valence-corrected chi connectivity index (χ0v) is 14.5. The van der Waals surface area contributed by atoms with Crippen molar-refractivity contribution in [2.75, 3.05) is 7.05 Å². The summed E-state index contributed by atoms with van der Waals surface area (Å²) >= 11 is 5.55. The van der Waals surface area contributed by atoms with E-state index in [9.17, 15) is 9.18 Å². The highest BCUT2D eigenvalue weighted by molar-refractivity contribution is 14.1. The average molecular weight is 448 g/mol. The molecule has 0 radical (unpaired) electrons. The third kappa shape index (κ3) is 3.79. The second-order valence-electron chi connectivity index (χ2n) is 4.42. The van der Waals surface area contributed by atoms with Crippen molar-refractivity contribution in [3.8, 4) is 0 Å². The summed E-state index contributed by atoms with van der Waals surface area (Å²) in [7, 11) is 1.71. The Morgan fingerprint density at radius 2 is 2.05 bits per heavy atom. The van der Waals surface area contributed by atoms with Gasteiger partial charge in [-0.15, -0.1) is 0 Å². The van der Waals surface area contributed by atoms with Crippen molar-refractivity contribution in [3.63, 3.8) is 0 Å². The Bertz CT molecular complexity index is 648. The lowest BCUT2D eigenvalue weighted by molar-refractivity contribution is 0.0784. The van der Waals surface area contributed by atoms with Crippen LogP contribution in [0.5, 0.6) is 0 Å². The maximum absolute atomic E-state index is 13.1. The molecule has 0 aliphatic carbocycles. The monoisotopic (exact) mass is 447 g/mol. The maximum atomic E-state index is 13.1. The standard InChI is InChI=1S/C15H12BrFINO/c1-19(9-10-3-2-4-11(17)7-10)15(20)13-8-12(18)5-6-14(13)16/h2-8H,9H2,1H3. The quantitative estimate of drug-likeness (QED) is 0.636. The molecule has 0 saturated heterocycles. The molecule has 0 aliphatic rings. The number of rotatable bonds is 3. The fourth-order valence-corrected chi connectivity index (χ4v) is 2.76. The lowest BCUT2D eigenvalue weighted by atomic mass is 10.1. The van der Waals surface area contributed by atoms with Crippen LogP contribution < -0.4 is 0 Å². The molecule has 2 aromatic rings. The van der Waals surface area contributed by atoms with Crippen LogP contribution in [0.25, 0.3) is 0 Å². The fourth-order valence-electron chi connectivity index (χ4n) is 1.85. The van der Waals surface area contributed by atoms with Crippen molar-refractivity contribution >= 4 is 44.4 Å². The molecule has 104 valence electrons. The van der Waals surface area contributed by atoms with Crippen LogP contribution in [0.15, 0.2) is 46.9 Å². The molecule has 0 unspecified atom stereocenters. The molecule has 0 bridgehead atoms. The van der Waals surface area contributed by atoms with Crippen LogP contribution in [0.3, 0.4) is 0 Å². The van der Waals surface area contributed by atoms with E-state index in [0.717, 1.165) is 13.6 Å². The van der Waals surface area contributed by atoms with Crippen molar-refractivity contribution in [1.82, 2.24) is 4.90 Å². The number of nitrogens with zero attached hydrogens (tertiary/aromatic N) is 1. The molecule has 2 aromatic carbocycles. The fraction of sp³-hybridized carbons (Fsp3) is 0.133. The second kappa shape index (κ2) is 6.67. The number of benzene rings is 2. The van der Waals surface area contributed by atoms with Crippen molar-refractivity contribution in [1.29, 1.82) is 0 Å². The third-order valence-electron chi connectivity index (χ3n) is 2.81. The van der Waals surface area contributed by atoms with Gasteiger partial charge in [0.2, 0.25) is 0 Å². The van der Waals surface area contributed by atoms with E-state index in [2.05, 4.69) is 38.5 Å². The minimum atomic E-state index is -0.293. The van der Waals surface area contributed by atoms with Crippen LogP contribution in [0, 0.1) is 9.39 Å². The molecule has 2 nitrogen and oxygen atoms in total. The van der Waals surface area contributed by atoms with Gasteiger partial charge in [-0.3, -0.25) is 4.79 Å². The molecular weight excluding hydrogens is 436 g/mol. The van der Waals surface area contributed by atoms with Gasteiger partial charge in [0, 0.05) is 21.6 Å². The second-order valence-corrected chi connectivity index (χ2v) is 6.52. The van der Waals surface area contributed by atoms with E-state index in [1.165, 1.54) is 12.1 Å². The molecule has 0 N–H and O–H groups in total. The normalized spacial score (nSPS) is 10.4. The van der Waals surface area contributed by atoms with Gasteiger partial charge in [0.05, 0.1) is 5.56 Å². The van der Waals surface area contributed by atoms with Gasteiger partial charge >= 0.3 is 0 Å². The number of hydrogen-bond acceptors (Lipinski definition) is 1. The number of hydrogen-bond donors (Lipinski definition) is 0. The smallest absolute Gasteiger partial charge is 0.255 e. The van der Waals surface area contributed by atoms with Gasteiger partial charge in [0.1, 0.15) is 5.82 Å². The van der Waals surface area contributed by atoms with E-state index in [4.69, 9.17) is 0 Å². The molecule has 0 spiro atoms. The molecule has 2 rings (SSSR count). The summed E-state index contributed by atoms with van der Waals surface area (Å²) in [6.07, 6.45) is 0. The Balaban J connectivity index is 2.18. The lowest BCUT2D eigenvalue weighted by Gasteiger charge is -2.18. The Morgan fingerprint density at radius 1 is 1.30 bits per heavy atom. The Kier molecular flexibility index (Phi) is 5.15. The number of carbonyl (C=O) groups excluding carboxylic acids is 1. The Hall–Kier alpha value is -0.950. The van der Waals surface area contributed by atoms with Crippen molar-refractivity contribution in [2.45, 2.75) is 6.54 Å². The summed E-state index contributed by atoms with van der Waals surface area (Å²) in [6.45, 7) is 0.370. The summed E-state index contributed by atoms with van der Waals surface area (Å²) in [4.78, 5) is 14.0. The highest BCUT2D eigenvalue weighted by Gasteiger charge is 2.15. The molecule has 20 heavy (non-hydrogen) atoms. The van der Waals surface area contributed by atoms with Crippen LogP contribution in [0.1, 0.15) is 15.9 Å². The molecule has 1 amide bonds. The summed E-state index contributed by atoms with van der Waals surface area (Å²) in [6, 6.07) is 11.9. The van der Waals surface area contributed by atoms with E-state index >= 15 is 0 Å². The molecular formula is C15H12BrFINO. The first kappa shape index (κ1) is 15.4. The van der Waals surface area contributed by atoms with Gasteiger partial charge < -0.3 is 4.90 Å². The number of amides is 1. The van der Waals surface area contributed by atoms with E-state index in [1.54, 1.807) is 24.1 Å². The Morgan fingerprint density at radius 3 is 2.75 bits per heavy atom. The van der Waals surface area contributed by atoms with Crippen LogP contribution in [-0.2, 0) is 6.54 Å². The van der Waals surface area contributed by atoms with Gasteiger partial charge in [-0.25, -0.2) is 4.39 Å². The topological polar surface area (TPSA) is 20.3 Å². The number of carbonyl (C=O) groups is 1. The molecule has 0 aromatic heterocycles. The van der Waals surface area contributed by atoms with Gasteiger partial charge in [0.15, 0.2) is 0 Å². The molecule has 0 fully saturated rings. The van der Waals surface area contributed by atoms with E-state index in [-0.39, 0.29) is 11.7 Å². The molecule has 0 saturated carbocycles. The van der Waals surface area contributed by atoms with Gasteiger partial charge in [-0.1, -0.05) is 12.1 Å². The maximum Gasteiger partial charge on any atom is 0.255 e. The van der Waals surface area contributed by atoms with Crippen molar-refractivity contribution < 1.29 is 9.18 Å². The van der Waals surface area contributed by atoms with E-state index in [1.807, 2.05) is 18.2 Å². The summed E-state index contributed by atoms with van der Waals surface area (Å²) in [5, 5.41) is 0. The SMILES string of the molecule is CN(Cc1cccc(F)c1)C(=O)c1cc(I)ccc1Br. The lowest BCUT2D eigenvalue weighted by Crippen LogP contribution is -2.26. The Labute approximate surface area is 139 Å². The highest BCUT2D eigenvalue weighted by Crippen LogP contribution is 2.21. The van der Waals surface area contributed by atoms with Crippen molar-refractivity contribution in [2.24, 2.45) is 0 Å². The van der Waals surface area contributed by atoms with E-state index < -0.39 is 0 Å². The molecule has 5 heteroatoms. The highest BCUT2D eigenvalue weighted by atomic mass is 127. The zero-order chi connectivity index (χ0) is 14.7. The molecule has 0 aliphatic heterocycles. The zero-order valence-electron chi connectivity index (χ0n) is 10.7. The predicted molar refractivity (Wildman–Crippen MR) is 89.1 cm³/mol. The van der Waals surface area contributed by atoms with Crippen LogP contribution in [-0.4, -0.2) is 17.9 Å². The summed E-state index contributed by atoms with van der Waals surface area (Å²) in [5.41, 5.74) is 1.37. The van der Waals surface area contributed by atoms with Crippen molar-refractivity contribution in [3.05, 3.63) is 67.5 Å². The average Bonchev–Trinajstić information content (AvgIpc) is 2.40. The summed E-state index contributed by atoms with van der Waals surface area (Å²) < 4.78 is 14.9. The third-order valence-corrected chi connectivity index (χ3v) is 4.18. The van der Waals surface area contributed by atoms with E-state index in [0.29, 0.717) is 12.1 Å². The molecule has 0 atom stereocenters. The van der Waals surface area contributed by atoms with Crippen LogP contribution in [0.2, 0.25) is 0 Å². The van der Waals surface area contributed by atoms with Crippen LogP contribution in [0.4, 0.5) is 4.39 Å². The minimum Gasteiger partial charge on any atom is -0.337 e.